The molecule has 2 N–H and O–H groups in total. The lowest BCUT2D eigenvalue weighted by atomic mass is 9.97. The molecule has 0 saturated carbocycles. The number of fused-ring (bicyclic) bond motifs is 1. The number of likely N-dealkylation sites (N-methyl/N-ethyl adjacent to an activating group) is 1. The maximum atomic E-state index is 11.6. The number of aryl methyl sites for hydroxylation is 1. The topological polar surface area (TPSA) is 52.6 Å². The third-order valence-corrected chi connectivity index (χ3v) is 4.98. The normalized spacial score (nSPS) is 28.8. The van der Waals surface area contributed by atoms with Crippen LogP contribution in [0.1, 0.15) is 54.8 Å². The minimum atomic E-state index is 0.196. The number of benzene rings is 1. The largest absolute Gasteiger partial charge is 0.508 e. The van der Waals surface area contributed by atoms with Gasteiger partial charge in [-0.05, 0) is 42.9 Å². The molecule has 1 saturated heterocycles. The van der Waals surface area contributed by atoms with E-state index in [9.17, 15) is 9.90 Å². The number of nitrogens with zero attached hydrogens (tertiary/aromatic N) is 1. The number of piperidine rings is 1. The van der Waals surface area contributed by atoms with Crippen LogP contribution in [0.15, 0.2) is 12.1 Å². The second-order valence-electron chi connectivity index (χ2n) is 6.59. The fourth-order valence-electron chi connectivity index (χ4n) is 3.93. The highest BCUT2D eigenvalue weighted by Crippen LogP contribution is 2.46. The molecular weight excluding hydrogens is 264 g/mol. The van der Waals surface area contributed by atoms with Crippen molar-refractivity contribution in [2.24, 2.45) is 0 Å². The Labute approximate surface area is 126 Å². The zero-order valence-corrected chi connectivity index (χ0v) is 13.0. The molecule has 3 unspecified atom stereocenters. The van der Waals surface area contributed by atoms with Gasteiger partial charge in [0.25, 0.3) is 0 Å². The molecule has 1 heterocycles. The first-order valence-corrected chi connectivity index (χ1v) is 7.79. The minimum Gasteiger partial charge on any atom is -0.508 e. The Morgan fingerprint density at radius 2 is 2.10 bits per heavy atom. The summed E-state index contributed by atoms with van der Waals surface area (Å²) in [7, 11) is 1.86. The number of carbonyl (C=O) groups excluding carboxylic acids is 1. The van der Waals surface area contributed by atoms with Crippen LogP contribution < -0.4 is 5.32 Å². The van der Waals surface area contributed by atoms with Crippen molar-refractivity contribution in [3.63, 3.8) is 0 Å². The molecule has 1 fully saturated rings. The zero-order chi connectivity index (χ0) is 15.1. The van der Waals surface area contributed by atoms with Crippen molar-refractivity contribution < 1.29 is 9.90 Å². The van der Waals surface area contributed by atoms with E-state index in [1.54, 1.807) is 11.0 Å². The van der Waals surface area contributed by atoms with Crippen LogP contribution in [0.2, 0.25) is 0 Å². The maximum Gasteiger partial charge on any atom is 0.222 e. The maximum absolute atomic E-state index is 11.6. The molecule has 21 heavy (non-hydrogen) atoms. The summed E-state index contributed by atoms with van der Waals surface area (Å²) in [4.78, 5) is 13.4. The average molecular weight is 288 g/mol. The van der Waals surface area contributed by atoms with Gasteiger partial charge in [-0.3, -0.25) is 4.79 Å². The second-order valence-corrected chi connectivity index (χ2v) is 6.59. The van der Waals surface area contributed by atoms with Gasteiger partial charge in [0.2, 0.25) is 5.91 Å². The van der Waals surface area contributed by atoms with Gasteiger partial charge in [-0.1, -0.05) is 13.0 Å². The van der Waals surface area contributed by atoms with Crippen LogP contribution in [0.5, 0.6) is 5.75 Å². The second kappa shape index (κ2) is 5.34. The number of likely N-dealkylation sites (tertiary alicyclic amines) is 1. The lowest BCUT2D eigenvalue weighted by molar-refractivity contribution is -0.132. The van der Waals surface area contributed by atoms with E-state index < -0.39 is 0 Å². The number of nitrogens with one attached hydrogen (secondary N) is 1. The molecule has 1 aliphatic heterocycles. The number of hydrogen-bond donors (Lipinski definition) is 2. The number of amides is 1. The van der Waals surface area contributed by atoms with Crippen LogP contribution in [0, 0.1) is 6.92 Å². The molecule has 0 spiro atoms. The molecule has 2 aliphatic rings. The number of phenols is 1. The summed E-state index contributed by atoms with van der Waals surface area (Å²) in [5.74, 6) is 1.09. The van der Waals surface area contributed by atoms with Gasteiger partial charge < -0.3 is 15.3 Å². The monoisotopic (exact) mass is 288 g/mol. The number of phenolic OH excluding ortho intramolecular Hbond substituents is 1. The lowest BCUT2D eigenvalue weighted by Crippen LogP contribution is -2.47. The first kappa shape index (κ1) is 14.4. The molecule has 1 aliphatic carbocycles. The summed E-state index contributed by atoms with van der Waals surface area (Å²) < 4.78 is 0. The Morgan fingerprint density at radius 3 is 2.81 bits per heavy atom. The Hall–Kier alpha value is -1.55. The molecule has 1 aromatic carbocycles. The van der Waals surface area contributed by atoms with Crippen molar-refractivity contribution in [1.29, 1.82) is 0 Å². The van der Waals surface area contributed by atoms with Gasteiger partial charge in [0.1, 0.15) is 5.75 Å². The molecule has 0 radical (unpaired) electrons. The number of hydrogen-bond acceptors (Lipinski definition) is 3. The lowest BCUT2D eigenvalue weighted by Gasteiger charge is -2.32. The summed E-state index contributed by atoms with van der Waals surface area (Å²) in [6.07, 6.45) is 2.51. The molecule has 3 atom stereocenters. The smallest absolute Gasteiger partial charge is 0.222 e. The first-order chi connectivity index (χ1) is 9.97. The van der Waals surface area contributed by atoms with Crippen molar-refractivity contribution >= 4 is 5.91 Å². The third kappa shape index (κ3) is 2.53. The summed E-state index contributed by atoms with van der Waals surface area (Å²) in [6, 6.07) is 4.31. The molecule has 0 aromatic heterocycles. The number of rotatable bonds is 2. The van der Waals surface area contributed by atoms with E-state index in [0.717, 1.165) is 24.9 Å². The SMILES string of the molecule is Cc1ccc(O)c2c1C(C)CC2NC1CCC(=O)N(C)C1. The minimum absolute atomic E-state index is 0.196. The van der Waals surface area contributed by atoms with Crippen LogP contribution >= 0.6 is 0 Å². The Balaban J connectivity index is 1.81. The van der Waals surface area contributed by atoms with E-state index in [-0.39, 0.29) is 11.9 Å². The van der Waals surface area contributed by atoms with Crippen LogP contribution in [0.4, 0.5) is 0 Å². The fraction of sp³-hybridized carbons (Fsp3) is 0.588. The Bertz CT molecular complexity index is 570. The highest BCUT2D eigenvalue weighted by molar-refractivity contribution is 5.76. The summed E-state index contributed by atoms with van der Waals surface area (Å²) in [6.45, 7) is 5.10. The van der Waals surface area contributed by atoms with Crippen molar-refractivity contribution in [2.45, 2.75) is 51.1 Å². The number of carbonyl (C=O) groups is 1. The highest BCUT2D eigenvalue weighted by atomic mass is 16.3. The predicted molar refractivity (Wildman–Crippen MR) is 82.4 cm³/mol. The van der Waals surface area contributed by atoms with Gasteiger partial charge in [0, 0.05) is 37.7 Å². The Kier molecular flexibility index (Phi) is 3.66. The van der Waals surface area contributed by atoms with Gasteiger partial charge in [-0.25, -0.2) is 0 Å². The van der Waals surface area contributed by atoms with Gasteiger partial charge in [-0.2, -0.15) is 0 Å². The van der Waals surface area contributed by atoms with Crippen LogP contribution in [-0.2, 0) is 4.79 Å². The van der Waals surface area contributed by atoms with Crippen molar-refractivity contribution in [3.8, 4) is 5.75 Å². The van der Waals surface area contributed by atoms with Gasteiger partial charge in [-0.15, -0.1) is 0 Å². The third-order valence-electron chi connectivity index (χ3n) is 4.98. The van der Waals surface area contributed by atoms with Gasteiger partial charge in [0.05, 0.1) is 0 Å². The van der Waals surface area contributed by atoms with E-state index >= 15 is 0 Å². The van der Waals surface area contributed by atoms with E-state index in [4.69, 9.17) is 0 Å². The van der Waals surface area contributed by atoms with Crippen LogP contribution in [-0.4, -0.2) is 35.5 Å². The molecule has 4 heteroatoms. The molecular formula is C17H24N2O2. The van der Waals surface area contributed by atoms with Crippen LogP contribution in [0.3, 0.4) is 0 Å². The molecule has 3 rings (SSSR count). The van der Waals surface area contributed by atoms with Crippen molar-refractivity contribution in [1.82, 2.24) is 10.2 Å². The van der Waals surface area contributed by atoms with E-state index in [1.807, 2.05) is 13.1 Å². The molecule has 1 amide bonds. The molecule has 4 nitrogen and oxygen atoms in total. The zero-order valence-electron chi connectivity index (χ0n) is 13.0. The summed E-state index contributed by atoms with van der Waals surface area (Å²) in [5, 5.41) is 13.9. The van der Waals surface area contributed by atoms with E-state index in [0.29, 0.717) is 24.1 Å². The number of aromatic hydroxyl groups is 1. The summed E-state index contributed by atoms with van der Waals surface area (Å²) in [5.41, 5.74) is 3.63. The van der Waals surface area contributed by atoms with E-state index in [2.05, 4.69) is 19.2 Å². The van der Waals surface area contributed by atoms with Crippen molar-refractivity contribution in [3.05, 3.63) is 28.8 Å². The molecule has 0 bridgehead atoms. The fourth-order valence-corrected chi connectivity index (χ4v) is 3.93. The quantitative estimate of drug-likeness (QED) is 0.879. The van der Waals surface area contributed by atoms with Gasteiger partial charge in [0.15, 0.2) is 0 Å². The first-order valence-electron chi connectivity index (χ1n) is 7.79. The highest BCUT2D eigenvalue weighted by Gasteiger charge is 2.34. The standard InChI is InChI=1S/C17H24N2O2/c1-10-4-6-14(20)17-13(8-11(2)16(10)17)18-12-5-7-15(21)19(3)9-12/h4,6,11-13,18,20H,5,7-9H2,1-3H3. The molecule has 114 valence electrons. The average Bonchev–Trinajstić information content (AvgIpc) is 2.76. The molecule has 1 aromatic rings. The summed E-state index contributed by atoms with van der Waals surface area (Å²) >= 11 is 0. The predicted octanol–water partition coefficient (Wildman–Crippen LogP) is 2.46. The van der Waals surface area contributed by atoms with Crippen molar-refractivity contribution in [2.75, 3.05) is 13.6 Å². The van der Waals surface area contributed by atoms with Crippen LogP contribution in [0.25, 0.3) is 0 Å². The van der Waals surface area contributed by atoms with Gasteiger partial charge >= 0.3 is 0 Å². The van der Waals surface area contributed by atoms with E-state index in [1.165, 1.54) is 11.1 Å². The Morgan fingerprint density at radius 1 is 1.33 bits per heavy atom.